The number of allylic oxidation sites excluding steroid dienone is 2. The molecule has 12 heavy (non-hydrogen) atoms. The van der Waals surface area contributed by atoms with E-state index < -0.39 is 0 Å². The fraction of sp³-hybridized carbons (Fsp3) is 0.500. The summed E-state index contributed by atoms with van der Waals surface area (Å²) in [6.45, 7) is 0.522. The third-order valence-corrected chi connectivity index (χ3v) is 1.70. The van der Waals surface area contributed by atoms with Gasteiger partial charge in [0, 0.05) is 31.2 Å². The minimum atomic E-state index is -0.326. The molecule has 1 aliphatic carbocycles. The van der Waals surface area contributed by atoms with Gasteiger partial charge in [0.05, 0.1) is 0 Å². The molecule has 0 aromatic rings. The van der Waals surface area contributed by atoms with Gasteiger partial charge in [0.15, 0.2) is 5.78 Å². The quantitative estimate of drug-likeness (QED) is 0.605. The van der Waals surface area contributed by atoms with Crippen LogP contribution in [0.1, 0.15) is 19.3 Å². The molecule has 0 aliphatic heterocycles. The maximum absolute atomic E-state index is 10.7. The summed E-state index contributed by atoms with van der Waals surface area (Å²) >= 11 is 0. The zero-order valence-corrected chi connectivity index (χ0v) is 6.80. The molecule has 0 radical (unpaired) electrons. The molecule has 4 nitrogen and oxygen atoms in total. The Morgan fingerprint density at radius 1 is 1.58 bits per heavy atom. The number of hydrogen-bond acceptors (Lipinski definition) is 3. The molecule has 0 saturated heterocycles. The van der Waals surface area contributed by atoms with Crippen LogP contribution in [0.25, 0.3) is 0 Å². The molecule has 1 amide bonds. The van der Waals surface area contributed by atoms with Gasteiger partial charge in [-0.05, 0) is 6.42 Å². The Bertz CT molecular complexity index is 233. The van der Waals surface area contributed by atoms with Crippen molar-refractivity contribution < 1.29 is 9.59 Å². The molecule has 0 saturated carbocycles. The fourth-order valence-corrected chi connectivity index (χ4v) is 1.08. The molecule has 3 N–H and O–H groups in total. The lowest BCUT2D eigenvalue weighted by Crippen LogP contribution is -2.20. The van der Waals surface area contributed by atoms with Crippen LogP contribution in [0, 0.1) is 0 Å². The predicted octanol–water partition coefficient (Wildman–Crippen LogP) is -0.302. The average Bonchev–Trinajstić information content (AvgIpc) is 2.35. The normalized spacial score (nSPS) is 16.0. The van der Waals surface area contributed by atoms with Crippen molar-refractivity contribution in [3.8, 4) is 0 Å². The molecule has 4 heteroatoms. The van der Waals surface area contributed by atoms with Gasteiger partial charge >= 0.3 is 0 Å². The van der Waals surface area contributed by atoms with Gasteiger partial charge in [0.25, 0.3) is 0 Å². The molecule has 0 aromatic carbocycles. The predicted molar refractivity (Wildman–Crippen MR) is 44.1 cm³/mol. The first kappa shape index (κ1) is 8.77. The molecular weight excluding hydrogens is 156 g/mol. The SMILES string of the molecule is NC(=O)CCNC1=CC(=O)CC1. The lowest BCUT2D eigenvalue weighted by Gasteiger charge is -2.03. The maximum Gasteiger partial charge on any atom is 0.219 e. The summed E-state index contributed by atoms with van der Waals surface area (Å²) in [5, 5.41) is 2.98. The van der Waals surface area contributed by atoms with E-state index in [-0.39, 0.29) is 11.7 Å². The molecule has 0 bridgehead atoms. The first-order chi connectivity index (χ1) is 5.68. The summed E-state index contributed by atoms with van der Waals surface area (Å²) in [4.78, 5) is 21.1. The van der Waals surface area contributed by atoms with Crippen molar-refractivity contribution in [2.75, 3.05) is 6.54 Å². The Balaban J connectivity index is 2.20. The van der Waals surface area contributed by atoms with Gasteiger partial charge in [0.1, 0.15) is 0 Å². The van der Waals surface area contributed by atoms with Gasteiger partial charge < -0.3 is 11.1 Å². The number of rotatable bonds is 4. The van der Waals surface area contributed by atoms with Crippen LogP contribution in [0.2, 0.25) is 0 Å². The topological polar surface area (TPSA) is 72.2 Å². The zero-order valence-electron chi connectivity index (χ0n) is 6.80. The Morgan fingerprint density at radius 2 is 2.33 bits per heavy atom. The van der Waals surface area contributed by atoms with Gasteiger partial charge in [-0.2, -0.15) is 0 Å². The summed E-state index contributed by atoms with van der Waals surface area (Å²) in [5.41, 5.74) is 5.86. The Hall–Kier alpha value is -1.32. The average molecular weight is 168 g/mol. The number of primary amides is 1. The largest absolute Gasteiger partial charge is 0.388 e. The zero-order chi connectivity index (χ0) is 8.97. The Kier molecular flexibility index (Phi) is 2.85. The first-order valence-corrected chi connectivity index (χ1v) is 3.94. The molecule has 0 unspecified atom stereocenters. The van der Waals surface area contributed by atoms with Gasteiger partial charge in [-0.3, -0.25) is 9.59 Å². The fourth-order valence-electron chi connectivity index (χ4n) is 1.08. The van der Waals surface area contributed by atoms with E-state index in [1.165, 1.54) is 0 Å². The lowest BCUT2D eigenvalue weighted by atomic mass is 10.3. The highest BCUT2D eigenvalue weighted by Crippen LogP contribution is 2.11. The van der Waals surface area contributed by atoms with Gasteiger partial charge in [-0.1, -0.05) is 0 Å². The number of nitrogens with two attached hydrogens (primary N) is 1. The van der Waals surface area contributed by atoms with Crippen LogP contribution < -0.4 is 11.1 Å². The van der Waals surface area contributed by atoms with E-state index in [0.29, 0.717) is 19.4 Å². The van der Waals surface area contributed by atoms with Crippen LogP contribution in [-0.2, 0) is 9.59 Å². The minimum Gasteiger partial charge on any atom is -0.388 e. The molecule has 0 spiro atoms. The van der Waals surface area contributed by atoms with Gasteiger partial charge in [0.2, 0.25) is 5.91 Å². The van der Waals surface area contributed by atoms with E-state index in [1.807, 2.05) is 0 Å². The molecule has 0 fully saturated rings. The van der Waals surface area contributed by atoms with E-state index in [0.717, 1.165) is 12.1 Å². The number of ketones is 1. The second kappa shape index (κ2) is 3.90. The monoisotopic (exact) mass is 168 g/mol. The number of carbonyl (C=O) groups excluding carboxylic acids is 2. The van der Waals surface area contributed by atoms with E-state index in [1.54, 1.807) is 6.08 Å². The summed E-state index contributed by atoms with van der Waals surface area (Å²) in [6, 6.07) is 0. The van der Waals surface area contributed by atoms with Crippen LogP contribution in [0.5, 0.6) is 0 Å². The number of amides is 1. The van der Waals surface area contributed by atoms with Crippen molar-refractivity contribution >= 4 is 11.7 Å². The smallest absolute Gasteiger partial charge is 0.219 e. The van der Waals surface area contributed by atoms with E-state index in [9.17, 15) is 9.59 Å². The van der Waals surface area contributed by atoms with Crippen LogP contribution in [0.3, 0.4) is 0 Å². The van der Waals surface area contributed by atoms with Crippen molar-refractivity contribution in [1.82, 2.24) is 5.32 Å². The van der Waals surface area contributed by atoms with Gasteiger partial charge in [-0.25, -0.2) is 0 Å². The third kappa shape index (κ3) is 2.74. The van der Waals surface area contributed by atoms with E-state index in [4.69, 9.17) is 5.73 Å². The molecule has 1 aliphatic rings. The van der Waals surface area contributed by atoms with Crippen molar-refractivity contribution in [2.24, 2.45) is 5.73 Å². The first-order valence-electron chi connectivity index (χ1n) is 3.94. The summed E-state index contributed by atoms with van der Waals surface area (Å²) < 4.78 is 0. The van der Waals surface area contributed by atoms with Crippen molar-refractivity contribution in [3.63, 3.8) is 0 Å². The summed E-state index contributed by atoms with van der Waals surface area (Å²) in [6.07, 6.45) is 3.24. The number of nitrogens with one attached hydrogen (secondary N) is 1. The Morgan fingerprint density at radius 3 is 2.83 bits per heavy atom. The van der Waals surface area contributed by atoms with Crippen LogP contribution in [-0.4, -0.2) is 18.2 Å². The second-order valence-corrected chi connectivity index (χ2v) is 2.78. The lowest BCUT2D eigenvalue weighted by molar-refractivity contribution is -0.118. The summed E-state index contributed by atoms with van der Waals surface area (Å²) in [5.74, 6) is -0.177. The van der Waals surface area contributed by atoms with Gasteiger partial charge in [-0.15, -0.1) is 0 Å². The summed E-state index contributed by atoms with van der Waals surface area (Å²) in [7, 11) is 0. The molecule has 1 rings (SSSR count). The highest BCUT2D eigenvalue weighted by Gasteiger charge is 2.10. The number of hydrogen-bond donors (Lipinski definition) is 2. The van der Waals surface area contributed by atoms with Crippen LogP contribution in [0.4, 0.5) is 0 Å². The Labute approximate surface area is 70.8 Å². The van der Waals surface area contributed by atoms with E-state index in [2.05, 4.69) is 5.32 Å². The van der Waals surface area contributed by atoms with Crippen molar-refractivity contribution in [2.45, 2.75) is 19.3 Å². The second-order valence-electron chi connectivity index (χ2n) is 2.78. The molecule has 66 valence electrons. The molecule has 0 aromatic heterocycles. The van der Waals surface area contributed by atoms with Crippen molar-refractivity contribution in [1.29, 1.82) is 0 Å². The molecule has 0 heterocycles. The standard InChI is InChI=1S/C8H12N2O2/c9-8(12)3-4-10-6-1-2-7(11)5-6/h5,10H,1-4H2,(H2,9,12). The number of carbonyl (C=O) groups is 2. The molecular formula is C8H12N2O2. The highest BCUT2D eigenvalue weighted by molar-refractivity contribution is 5.92. The van der Waals surface area contributed by atoms with Crippen molar-refractivity contribution in [3.05, 3.63) is 11.8 Å². The van der Waals surface area contributed by atoms with Crippen LogP contribution >= 0.6 is 0 Å². The van der Waals surface area contributed by atoms with Crippen LogP contribution in [0.15, 0.2) is 11.8 Å². The third-order valence-electron chi connectivity index (χ3n) is 1.70. The van der Waals surface area contributed by atoms with E-state index >= 15 is 0 Å². The molecule has 0 atom stereocenters. The minimum absolute atomic E-state index is 0.150. The maximum atomic E-state index is 10.7. The highest BCUT2D eigenvalue weighted by atomic mass is 16.1.